The smallest absolute Gasteiger partial charge is 0.170 e. The number of carbonyl (C=O) groups excluding carboxylic acids is 1. The van der Waals surface area contributed by atoms with Gasteiger partial charge in [0.05, 0.1) is 12.0 Å². The molecule has 0 spiro atoms. The summed E-state index contributed by atoms with van der Waals surface area (Å²) < 4.78 is 5.10. The van der Waals surface area contributed by atoms with Crippen molar-refractivity contribution in [2.24, 2.45) is 0 Å². The molecule has 2 aromatic rings. The zero-order valence-electron chi connectivity index (χ0n) is 13.0. The summed E-state index contributed by atoms with van der Waals surface area (Å²) in [5.41, 5.74) is 0.907. The first-order valence-electron chi connectivity index (χ1n) is 7.09. The van der Waals surface area contributed by atoms with Crippen LogP contribution in [0.15, 0.2) is 76.2 Å². The average Bonchev–Trinajstić information content (AvgIpc) is 2.58. The number of methoxy groups -OCH3 is 1. The molecule has 0 aliphatic heterocycles. The molecule has 0 aromatic heterocycles. The second kappa shape index (κ2) is 8.25. The Labute approximate surface area is 140 Å². The lowest BCUT2D eigenvalue weighted by Gasteiger charge is -2.05. The Bertz CT molecular complexity index is 716. The number of carbonyl (C=O) groups is 1. The molecule has 0 saturated heterocycles. The first-order valence-corrected chi connectivity index (χ1v) is 7.91. The minimum absolute atomic E-state index is 0.0397. The zero-order chi connectivity index (χ0) is 16.7. The minimum Gasteiger partial charge on any atom is -0.507 e. The summed E-state index contributed by atoms with van der Waals surface area (Å²) in [5, 5.41) is 10.2. The first-order chi connectivity index (χ1) is 11.1. The first kappa shape index (κ1) is 16.9. The predicted molar refractivity (Wildman–Crippen MR) is 94.7 cm³/mol. The molecule has 0 heterocycles. The number of hydrogen-bond acceptors (Lipinski definition) is 4. The molecular formula is C19H18O3S. The normalized spacial score (nSPS) is 12.1. The third kappa shape index (κ3) is 5.04. The van der Waals surface area contributed by atoms with Crippen molar-refractivity contribution in [1.29, 1.82) is 0 Å². The van der Waals surface area contributed by atoms with Crippen molar-refractivity contribution >= 4 is 23.6 Å². The van der Waals surface area contributed by atoms with Crippen molar-refractivity contribution in [3.05, 3.63) is 76.9 Å². The van der Waals surface area contributed by atoms with Gasteiger partial charge < -0.3 is 9.84 Å². The Hall–Kier alpha value is -2.46. The molecule has 4 heteroatoms. The lowest BCUT2D eigenvalue weighted by Crippen LogP contribution is -1.96. The van der Waals surface area contributed by atoms with Crippen molar-refractivity contribution in [1.82, 2.24) is 0 Å². The summed E-state index contributed by atoms with van der Waals surface area (Å²) in [4.78, 5) is 13.0. The van der Waals surface area contributed by atoms with Crippen LogP contribution in [0.1, 0.15) is 12.5 Å². The molecule has 23 heavy (non-hydrogen) atoms. The van der Waals surface area contributed by atoms with Crippen LogP contribution >= 0.6 is 11.8 Å². The maximum atomic E-state index is 11.8. The fraction of sp³-hybridized carbons (Fsp3) is 0.105. The van der Waals surface area contributed by atoms with E-state index in [2.05, 4.69) is 0 Å². The summed E-state index contributed by atoms with van der Waals surface area (Å²) in [5.74, 6) is 0.559. The van der Waals surface area contributed by atoms with Gasteiger partial charge in [0.2, 0.25) is 0 Å². The SMILES string of the molecule is COc1ccc(/C=C/C(O)=C(\Sc2ccccc2)C(C)=O)cc1. The second-order valence-electron chi connectivity index (χ2n) is 4.79. The van der Waals surface area contributed by atoms with Gasteiger partial charge in [0.25, 0.3) is 0 Å². The van der Waals surface area contributed by atoms with E-state index in [9.17, 15) is 9.90 Å². The van der Waals surface area contributed by atoms with Crippen LogP contribution in [-0.4, -0.2) is 18.0 Å². The fourth-order valence-electron chi connectivity index (χ4n) is 1.88. The van der Waals surface area contributed by atoms with Crippen LogP contribution in [-0.2, 0) is 4.79 Å². The number of aliphatic hydroxyl groups excluding tert-OH is 1. The number of hydrogen-bond donors (Lipinski definition) is 1. The van der Waals surface area contributed by atoms with Crippen molar-refractivity contribution in [3.63, 3.8) is 0 Å². The molecule has 0 fully saturated rings. The monoisotopic (exact) mass is 326 g/mol. The van der Waals surface area contributed by atoms with E-state index in [0.717, 1.165) is 16.2 Å². The third-order valence-electron chi connectivity index (χ3n) is 3.06. The maximum absolute atomic E-state index is 11.8. The topological polar surface area (TPSA) is 46.5 Å². The standard InChI is InChI=1S/C19H18O3S/c1-14(20)19(23-17-6-4-3-5-7-17)18(21)13-10-15-8-11-16(22-2)12-9-15/h3-13,21H,1-2H3/b13-10+,19-18+. The number of benzene rings is 2. The Balaban J connectivity index is 2.20. The number of aliphatic hydroxyl groups is 1. The molecule has 0 unspecified atom stereocenters. The Morgan fingerprint density at radius 2 is 1.74 bits per heavy atom. The quantitative estimate of drug-likeness (QED) is 0.356. The number of Topliss-reactive ketones (excluding diaryl/α,β-unsaturated/α-hetero) is 1. The molecule has 0 amide bonds. The van der Waals surface area contributed by atoms with E-state index < -0.39 is 0 Å². The molecule has 2 rings (SSSR count). The second-order valence-corrected chi connectivity index (χ2v) is 5.88. The highest BCUT2D eigenvalue weighted by atomic mass is 32.2. The van der Waals surface area contributed by atoms with Gasteiger partial charge in [0, 0.05) is 4.90 Å². The third-order valence-corrected chi connectivity index (χ3v) is 4.27. The van der Waals surface area contributed by atoms with Crippen molar-refractivity contribution < 1.29 is 14.6 Å². The molecule has 118 valence electrons. The van der Waals surface area contributed by atoms with Crippen molar-refractivity contribution in [2.45, 2.75) is 11.8 Å². The van der Waals surface area contributed by atoms with Crippen molar-refractivity contribution in [3.8, 4) is 5.75 Å². The molecule has 0 atom stereocenters. The number of allylic oxidation sites excluding steroid dienone is 2. The van der Waals surface area contributed by atoms with Crippen LogP contribution in [0.4, 0.5) is 0 Å². The lowest BCUT2D eigenvalue weighted by atomic mass is 10.2. The van der Waals surface area contributed by atoms with Gasteiger partial charge in [0.15, 0.2) is 5.78 Å². The average molecular weight is 326 g/mol. The fourth-order valence-corrected chi connectivity index (χ4v) is 2.72. The van der Waals surface area contributed by atoms with Gasteiger partial charge in [-0.2, -0.15) is 0 Å². The summed E-state index contributed by atoms with van der Waals surface area (Å²) in [6.07, 6.45) is 3.29. The Morgan fingerprint density at radius 3 is 2.30 bits per heavy atom. The van der Waals surface area contributed by atoms with E-state index in [1.165, 1.54) is 24.8 Å². The van der Waals surface area contributed by atoms with E-state index in [1.807, 2.05) is 54.6 Å². The van der Waals surface area contributed by atoms with Gasteiger partial charge >= 0.3 is 0 Å². The van der Waals surface area contributed by atoms with Crippen LogP contribution in [0.25, 0.3) is 6.08 Å². The zero-order valence-corrected chi connectivity index (χ0v) is 13.8. The number of thioether (sulfide) groups is 1. The van der Waals surface area contributed by atoms with E-state index in [4.69, 9.17) is 4.74 Å². The van der Waals surface area contributed by atoms with Crippen LogP contribution in [0, 0.1) is 0 Å². The molecule has 0 radical (unpaired) electrons. The highest BCUT2D eigenvalue weighted by Gasteiger charge is 2.11. The molecular weight excluding hydrogens is 308 g/mol. The van der Waals surface area contributed by atoms with Crippen LogP contribution < -0.4 is 4.74 Å². The highest BCUT2D eigenvalue weighted by Crippen LogP contribution is 2.29. The molecule has 3 nitrogen and oxygen atoms in total. The molecule has 0 aliphatic carbocycles. The van der Waals surface area contributed by atoms with Crippen molar-refractivity contribution in [2.75, 3.05) is 7.11 Å². The largest absolute Gasteiger partial charge is 0.507 e. The molecule has 0 bridgehead atoms. The summed E-state index contributed by atoms with van der Waals surface area (Å²) in [7, 11) is 1.61. The van der Waals surface area contributed by atoms with Gasteiger partial charge in [-0.3, -0.25) is 4.79 Å². The van der Waals surface area contributed by atoms with Gasteiger partial charge in [-0.15, -0.1) is 0 Å². The molecule has 2 aromatic carbocycles. The van der Waals surface area contributed by atoms with E-state index >= 15 is 0 Å². The maximum Gasteiger partial charge on any atom is 0.170 e. The number of rotatable bonds is 6. The van der Waals surface area contributed by atoms with Gasteiger partial charge in [-0.25, -0.2) is 0 Å². The van der Waals surface area contributed by atoms with E-state index in [1.54, 1.807) is 13.2 Å². The number of ketones is 1. The van der Waals surface area contributed by atoms with E-state index in [-0.39, 0.29) is 11.5 Å². The predicted octanol–water partition coefficient (Wildman–Crippen LogP) is 4.86. The summed E-state index contributed by atoms with van der Waals surface area (Å²) >= 11 is 1.25. The number of ether oxygens (including phenoxy) is 1. The molecule has 0 saturated carbocycles. The molecule has 0 aliphatic rings. The van der Waals surface area contributed by atoms with Crippen LogP contribution in [0.2, 0.25) is 0 Å². The van der Waals surface area contributed by atoms with Gasteiger partial charge in [-0.05, 0) is 42.8 Å². The van der Waals surface area contributed by atoms with Gasteiger partial charge in [-0.1, -0.05) is 48.2 Å². The summed E-state index contributed by atoms with van der Waals surface area (Å²) in [6.45, 7) is 1.45. The van der Waals surface area contributed by atoms with E-state index in [0.29, 0.717) is 4.91 Å². The summed E-state index contributed by atoms with van der Waals surface area (Å²) in [6, 6.07) is 16.9. The molecule has 1 N–H and O–H groups in total. The van der Waals surface area contributed by atoms with Crippen LogP contribution in [0.5, 0.6) is 5.75 Å². The highest BCUT2D eigenvalue weighted by molar-refractivity contribution is 8.04. The minimum atomic E-state index is -0.171. The van der Waals surface area contributed by atoms with Gasteiger partial charge in [0.1, 0.15) is 11.5 Å². The Morgan fingerprint density at radius 1 is 1.09 bits per heavy atom. The Kier molecular flexibility index (Phi) is 6.06. The van der Waals surface area contributed by atoms with Crippen LogP contribution in [0.3, 0.4) is 0 Å². The lowest BCUT2D eigenvalue weighted by molar-refractivity contribution is -0.113.